The molecule has 11 heteroatoms. The molecule has 4 rings (SSSR count). The van der Waals surface area contributed by atoms with Crippen LogP contribution in [0.5, 0.6) is 0 Å². The number of hydrogen-bond donors (Lipinski definition) is 4. The quantitative estimate of drug-likeness (QED) is 0.0815. The van der Waals surface area contributed by atoms with E-state index in [-0.39, 0.29) is 17.3 Å². The summed E-state index contributed by atoms with van der Waals surface area (Å²) in [5, 5.41) is 13.5. The molecule has 0 saturated heterocycles. The largest absolute Gasteiger partial charge is 0.356 e. The van der Waals surface area contributed by atoms with E-state index in [1.165, 1.54) is 23.1 Å². The Hall–Kier alpha value is -4.24. The van der Waals surface area contributed by atoms with Crippen molar-refractivity contribution in [3.8, 4) is 11.3 Å². The number of rotatable bonds is 14. The Bertz CT molecular complexity index is 1610. The maximum absolute atomic E-state index is 15.2. The predicted octanol–water partition coefficient (Wildman–Crippen LogP) is 5.74. The fourth-order valence-electron chi connectivity index (χ4n) is 4.69. The van der Waals surface area contributed by atoms with Gasteiger partial charge >= 0.3 is 0 Å². The number of aromatic nitrogens is 2. The van der Waals surface area contributed by atoms with Gasteiger partial charge in [-0.2, -0.15) is 4.98 Å². The first-order valence-corrected chi connectivity index (χ1v) is 14.8. The highest BCUT2D eigenvalue weighted by molar-refractivity contribution is 7.28. The number of amides is 1. The molecular formula is C33H38F2N7OP. The number of carbonyl (C=O) groups excluding carboxylic acids is 1. The molecule has 0 bridgehead atoms. The van der Waals surface area contributed by atoms with Crippen LogP contribution in [0.2, 0.25) is 0 Å². The minimum atomic E-state index is -0.558. The predicted molar refractivity (Wildman–Crippen MR) is 180 cm³/mol. The van der Waals surface area contributed by atoms with Gasteiger partial charge in [0.25, 0.3) is 0 Å². The van der Waals surface area contributed by atoms with E-state index in [9.17, 15) is 9.18 Å². The van der Waals surface area contributed by atoms with Crippen molar-refractivity contribution in [2.45, 2.75) is 33.4 Å². The Labute approximate surface area is 259 Å². The summed E-state index contributed by atoms with van der Waals surface area (Å²) < 4.78 is 28.7. The Morgan fingerprint density at radius 3 is 2.48 bits per heavy atom. The molecule has 4 N–H and O–H groups in total. The lowest BCUT2D eigenvalue weighted by Crippen LogP contribution is -2.29. The second-order valence-electron chi connectivity index (χ2n) is 10.6. The van der Waals surface area contributed by atoms with E-state index in [0.29, 0.717) is 66.0 Å². The van der Waals surface area contributed by atoms with Crippen molar-refractivity contribution in [2.24, 2.45) is 0 Å². The van der Waals surface area contributed by atoms with Crippen molar-refractivity contribution in [1.82, 2.24) is 20.6 Å². The molecular weight excluding hydrogens is 579 g/mol. The third-order valence-corrected chi connectivity index (χ3v) is 7.34. The van der Waals surface area contributed by atoms with Crippen molar-refractivity contribution in [3.63, 3.8) is 0 Å². The van der Waals surface area contributed by atoms with E-state index < -0.39 is 5.82 Å². The summed E-state index contributed by atoms with van der Waals surface area (Å²) in [5.74, 6) is -0.340. The van der Waals surface area contributed by atoms with E-state index in [4.69, 9.17) is 9.97 Å². The van der Waals surface area contributed by atoms with Crippen molar-refractivity contribution in [1.29, 1.82) is 0 Å². The van der Waals surface area contributed by atoms with Crippen LogP contribution in [0.4, 0.5) is 31.9 Å². The zero-order valence-electron chi connectivity index (χ0n) is 25.3. The fraction of sp³-hybridized carbons (Fsp3) is 0.242. The average molecular weight is 618 g/mol. The highest BCUT2D eigenvalue weighted by atomic mass is 31.0. The van der Waals surface area contributed by atoms with E-state index in [2.05, 4.69) is 50.9 Å². The van der Waals surface area contributed by atoms with Gasteiger partial charge in [0.1, 0.15) is 11.6 Å². The monoisotopic (exact) mass is 617 g/mol. The molecule has 0 aliphatic carbocycles. The lowest BCUT2D eigenvalue weighted by Gasteiger charge is -2.25. The zero-order valence-corrected chi connectivity index (χ0v) is 26.5. The SMILES string of the molecule is C=C(Nc1ccc(F)cc1)c1ccc(C)c(-c2nc(NCCNC(C)C)nc(N(C=O)c3c(F)cccc3P)c2CNC)c1. The molecule has 1 unspecified atom stereocenters. The molecule has 0 aliphatic rings. The standard InChI is InChI=1S/C33H38F2N7OP/c1-20(2)37-15-16-38-33-40-30(26-17-23(10-9-21(26)3)22(4)39-25-13-11-24(34)12-14-25)27(18-36-5)32(41-33)42(19-43)31-28(35)7-6-8-29(31)44/h6-14,17,19-20,36-37,39H,4,15-16,18,44H2,1-3,5H3,(H,38,40,41). The molecule has 230 valence electrons. The highest BCUT2D eigenvalue weighted by Crippen LogP contribution is 2.36. The van der Waals surface area contributed by atoms with Gasteiger partial charge in [0.2, 0.25) is 12.4 Å². The van der Waals surface area contributed by atoms with Gasteiger partial charge in [-0.3, -0.25) is 9.69 Å². The molecule has 3 aromatic carbocycles. The topological polar surface area (TPSA) is 94.2 Å². The third kappa shape index (κ3) is 7.82. The van der Waals surface area contributed by atoms with Crippen LogP contribution in [0.1, 0.15) is 30.5 Å². The molecule has 4 aromatic rings. The summed E-state index contributed by atoms with van der Waals surface area (Å²) in [6, 6.07) is 16.8. The molecule has 0 spiro atoms. The van der Waals surface area contributed by atoms with Crippen LogP contribution in [0.25, 0.3) is 17.0 Å². The van der Waals surface area contributed by atoms with Crippen molar-refractivity contribution < 1.29 is 13.6 Å². The van der Waals surface area contributed by atoms with Crippen LogP contribution >= 0.6 is 9.24 Å². The number of nitrogens with one attached hydrogen (secondary N) is 4. The molecule has 0 radical (unpaired) electrons. The van der Waals surface area contributed by atoms with Gasteiger partial charge in [0.15, 0.2) is 5.82 Å². The third-order valence-electron chi connectivity index (χ3n) is 6.87. The molecule has 8 nitrogen and oxygen atoms in total. The number of carbonyl (C=O) groups is 1. The minimum absolute atomic E-state index is 0.0873. The van der Waals surface area contributed by atoms with E-state index in [1.807, 2.05) is 25.1 Å². The highest BCUT2D eigenvalue weighted by Gasteiger charge is 2.25. The van der Waals surface area contributed by atoms with Gasteiger partial charge < -0.3 is 21.3 Å². The van der Waals surface area contributed by atoms with Crippen LogP contribution < -0.4 is 31.5 Å². The lowest BCUT2D eigenvalue weighted by molar-refractivity contribution is -0.106. The Morgan fingerprint density at radius 1 is 1.07 bits per heavy atom. The molecule has 1 heterocycles. The molecule has 0 saturated carbocycles. The van der Waals surface area contributed by atoms with E-state index >= 15 is 4.39 Å². The Morgan fingerprint density at radius 2 is 1.82 bits per heavy atom. The fourth-order valence-corrected chi connectivity index (χ4v) is 5.08. The first kappa shape index (κ1) is 32.7. The maximum atomic E-state index is 15.2. The number of halogens is 2. The smallest absolute Gasteiger partial charge is 0.225 e. The maximum Gasteiger partial charge on any atom is 0.225 e. The van der Waals surface area contributed by atoms with Gasteiger partial charge in [0, 0.05) is 48.2 Å². The average Bonchev–Trinajstić information content (AvgIpc) is 2.99. The van der Waals surface area contributed by atoms with Gasteiger partial charge in [-0.05, 0) is 66.8 Å². The number of anilines is 4. The van der Waals surface area contributed by atoms with E-state index in [0.717, 1.165) is 16.7 Å². The van der Waals surface area contributed by atoms with Crippen LogP contribution in [0.15, 0.2) is 67.2 Å². The van der Waals surface area contributed by atoms with Gasteiger partial charge in [-0.15, -0.1) is 9.24 Å². The summed E-state index contributed by atoms with van der Waals surface area (Å²) in [6.07, 6.45) is 0.569. The number of benzene rings is 3. The van der Waals surface area contributed by atoms with Gasteiger partial charge in [0.05, 0.1) is 11.4 Å². The summed E-state index contributed by atoms with van der Waals surface area (Å²) in [7, 11) is 4.27. The number of aryl methyl sites for hydroxylation is 1. The van der Waals surface area contributed by atoms with Crippen LogP contribution in [-0.2, 0) is 11.3 Å². The number of para-hydroxylation sites is 1. The van der Waals surface area contributed by atoms with E-state index in [1.54, 1.807) is 31.3 Å². The second kappa shape index (κ2) is 15.0. The van der Waals surface area contributed by atoms with Crippen LogP contribution in [-0.4, -0.2) is 42.6 Å². The molecule has 0 fully saturated rings. The molecule has 44 heavy (non-hydrogen) atoms. The van der Waals surface area contributed by atoms with Crippen molar-refractivity contribution >= 4 is 49.8 Å². The Kier molecular flexibility index (Phi) is 11.1. The van der Waals surface area contributed by atoms with Gasteiger partial charge in [-0.1, -0.05) is 44.7 Å². The van der Waals surface area contributed by atoms with Gasteiger partial charge in [-0.25, -0.2) is 13.8 Å². The van der Waals surface area contributed by atoms with Crippen molar-refractivity contribution in [3.05, 3.63) is 95.6 Å². The number of hydrogen-bond acceptors (Lipinski definition) is 7. The summed E-state index contributed by atoms with van der Waals surface area (Å²) in [5.41, 5.74) is 5.06. The second-order valence-corrected chi connectivity index (χ2v) is 11.2. The number of nitrogens with zero attached hydrogens (tertiary/aromatic N) is 3. The molecule has 1 amide bonds. The summed E-state index contributed by atoms with van der Waals surface area (Å²) >= 11 is 0. The molecule has 0 aliphatic heterocycles. The lowest BCUT2D eigenvalue weighted by atomic mass is 9.97. The first-order chi connectivity index (χ1) is 21.1. The van der Waals surface area contributed by atoms with Crippen LogP contribution in [0, 0.1) is 18.6 Å². The Balaban J connectivity index is 1.87. The minimum Gasteiger partial charge on any atom is -0.356 e. The summed E-state index contributed by atoms with van der Waals surface area (Å²) in [4.78, 5) is 23.6. The summed E-state index contributed by atoms with van der Waals surface area (Å²) in [6.45, 7) is 11.8. The normalized spacial score (nSPS) is 11.0. The zero-order chi connectivity index (χ0) is 31.8. The van der Waals surface area contributed by atoms with Crippen LogP contribution in [0.3, 0.4) is 0 Å². The van der Waals surface area contributed by atoms with Crippen molar-refractivity contribution in [2.75, 3.05) is 35.7 Å². The first-order valence-electron chi connectivity index (χ1n) is 14.3. The molecule has 1 atom stereocenters. The molecule has 1 aromatic heterocycles.